The van der Waals surface area contributed by atoms with Crippen molar-refractivity contribution >= 4 is 33.4 Å². The number of likely N-dealkylation sites (tertiary alicyclic amines) is 1. The standard InChI is InChI=1S/C26H33BrN2O3/c1-3-4-5-6-17-32-24-12-9-21(27)18-23(24)25(30)28-22-10-7-20(8-11-22)26(31)29-15-13-19(2)14-16-29/h7-12,18-19H,3-6,13-17H2,1-2H3,(H,28,30). The molecule has 0 saturated carbocycles. The van der Waals surface area contributed by atoms with Gasteiger partial charge in [0.2, 0.25) is 0 Å². The van der Waals surface area contributed by atoms with Crippen molar-refractivity contribution in [2.45, 2.75) is 52.4 Å². The van der Waals surface area contributed by atoms with Crippen LogP contribution in [0.15, 0.2) is 46.9 Å². The van der Waals surface area contributed by atoms with Gasteiger partial charge in [-0.1, -0.05) is 49.0 Å². The van der Waals surface area contributed by atoms with Gasteiger partial charge in [0, 0.05) is 28.8 Å². The van der Waals surface area contributed by atoms with Gasteiger partial charge in [-0.2, -0.15) is 0 Å². The zero-order valence-corrected chi connectivity index (χ0v) is 20.6. The van der Waals surface area contributed by atoms with Crippen molar-refractivity contribution < 1.29 is 14.3 Å². The van der Waals surface area contributed by atoms with Gasteiger partial charge in [-0.05, 0) is 67.6 Å². The van der Waals surface area contributed by atoms with Crippen molar-refractivity contribution in [3.8, 4) is 5.75 Å². The average Bonchev–Trinajstić information content (AvgIpc) is 2.80. The summed E-state index contributed by atoms with van der Waals surface area (Å²) in [6, 6.07) is 12.6. The van der Waals surface area contributed by atoms with Crippen LogP contribution in [-0.4, -0.2) is 36.4 Å². The normalized spacial score (nSPS) is 14.3. The van der Waals surface area contributed by atoms with Gasteiger partial charge in [0.1, 0.15) is 5.75 Å². The number of nitrogens with one attached hydrogen (secondary N) is 1. The molecule has 1 fully saturated rings. The fraction of sp³-hybridized carbons (Fsp3) is 0.462. The fourth-order valence-corrected chi connectivity index (χ4v) is 4.17. The fourth-order valence-electron chi connectivity index (χ4n) is 3.81. The first kappa shape index (κ1) is 24.3. The number of carbonyl (C=O) groups is 2. The molecule has 2 aromatic carbocycles. The molecular formula is C26H33BrN2O3. The number of nitrogens with zero attached hydrogens (tertiary/aromatic N) is 1. The number of ether oxygens (including phenoxy) is 1. The summed E-state index contributed by atoms with van der Waals surface area (Å²) in [4.78, 5) is 27.6. The maximum atomic E-state index is 12.9. The van der Waals surface area contributed by atoms with Crippen molar-refractivity contribution in [1.29, 1.82) is 0 Å². The van der Waals surface area contributed by atoms with Gasteiger partial charge in [-0.25, -0.2) is 0 Å². The molecule has 0 unspecified atom stereocenters. The Kier molecular flexibility index (Phi) is 9.15. The average molecular weight is 501 g/mol. The number of amides is 2. The number of hydrogen-bond donors (Lipinski definition) is 1. The molecule has 5 nitrogen and oxygen atoms in total. The minimum absolute atomic E-state index is 0.0560. The molecule has 0 spiro atoms. The lowest BCUT2D eigenvalue weighted by molar-refractivity contribution is 0.0697. The number of anilines is 1. The van der Waals surface area contributed by atoms with Crippen LogP contribution in [0.3, 0.4) is 0 Å². The van der Waals surface area contributed by atoms with E-state index in [2.05, 4.69) is 35.1 Å². The number of unbranched alkanes of at least 4 members (excludes halogenated alkanes) is 3. The van der Waals surface area contributed by atoms with Gasteiger partial charge in [0.15, 0.2) is 0 Å². The van der Waals surface area contributed by atoms with Crippen molar-refractivity contribution in [2.75, 3.05) is 25.0 Å². The van der Waals surface area contributed by atoms with E-state index < -0.39 is 0 Å². The molecule has 3 rings (SSSR count). The number of piperidine rings is 1. The minimum Gasteiger partial charge on any atom is -0.493 e. The molecule has 1 aliphatic rings. The highest BCUT2D eigenvalue weighted by Crippen LogP contribution is 2.25. The molecule has 0 radical (unpaired) electrons. The third-order valence-corrected chi connectivity index (χ3v) is 6.40. The van der Waals surface area contributed by atoms with Crippen LogP contribution >= 0.6 is 15.9 Å². The summed E-state index contributed by atoms with van der Waals surface area (Å²) in [7, 11) is 0. The third kappa shape index (κ3) is 6.83. The Morgan fingerprint density at radius 2 is 1.78 bits per heavy atom. The smallest absolute Gasteiger partial charge is 0.259 e. The van der Waals surface area contributed by atoms with E-state index in [0.29, 0.717) is 35.1 Å². The number of hydrogen-bond acceptors (Lipinski definition) is 3. The van der Waals surface area contributed by atoms with Gasteiger partial charge in [-0.3, -0.25) is 9.59 Å². The van der Waals surface area contributed by atoms with Gasteiger partial charge < -0.3 is 15.0 Å². The second-order valence-corrected chi connectivity index (χ2v) is 9.47. The van der Waals surface area contributed by atoms with E-state index in [-0.39, 0.29) is 11.8 Å². The zero-order valence-electron chi connectivity index (χ0n) is 19.0. The van der Waals surface area contributed by atoms with Crippen LogP contribution in [0.4, 0.5) is 5.69 Å². The molecule has 0 aliphatic carbocycles. The predicted octanol–water partition coefficient (Wildman–Crippen LogP) is 6.53. The van der Waals surface area contributed by atoms with E-state index >= 15 is 0 Å². The van der Waals surface area contributed by atoms with Crippen LogP contribution in [0.5, 0.6) is 5.75 Å². The molecule has 1 N–H and O–H groups in total. The summed E-state index contributed by atoms with van der Waals surface area (Å²) < 4.78 is 6.71. The lowest BCUT2D eigenvalue weighted by Crippen LogP contribution is -2.37. The molecule has 0 bridgehead atoms. The van der Waals surface area contributed by atoms with Crippen molar-refractivity contribution in [3.63, 3.8) is 0 Å². The lowest BCUT2D eigenvalue weighted by atomic mass is 9.98. The van der Waals surface area contributed by atoms with E-state index in [0.717, 1.165) is 43.2 Å². The highest BCUT2D eigenvalue weighted by Gasteiger charge is 2.21. The van der Waals surface area contributed by atoms with Crippen LogP contribution in [0.2, 0.25) is 0 Å². The molecule has 1 aliphatic heterocycles. The summed E-state index contributed by atoms with van der Waals surface area (Å²) in [5.41, 5.74) is 1.78. The molecule has 172 valence electrons. The Balaban J connectivity index is 1.61. The Labute approximate surface area is 199 Å². The maximum absolute atomic E-state index is 12.9. The largest absolute Gasteiger partial charge is 0.493 e. The van der Waals surface area contributed by atoms with E-state index in [1.165, 1.54) is 12.8 Å². The molecule has 2 aromatic rings. The molecular weight excluding hydrogens is 468 g/mol. The van der Waals surface area contributed by atoms with Crippen LogP contribution < -0.4 is 10.1 Å². The topological polar surface area (TPSA) is 58.6 Å². The first-order valence-electron chi connectivity index (χ1n) is 11.6. The summed E-state index contributed by atoms with van der Waals surface area (Å²) in [6.07, 6.45) is 6.55. The number of benzene rings is 2. The molecule has 2 amide bonds. The van der Waals surface area contributed by atoms with Crippen molar-refractivity contribution in [3.05, 3.63) is 58.1 Å². The molecule has 0 atom stereocenters. The molecule has 1 saturated heterocycles. The zero-order chi connectivity index (χ0) is 22.9. The minimum atomic E-state index is -0.237. The first-order chi connectivity index (χ1) is 15.5. The number of halogens is 1. The summed E-state index contributed by atoms with van der Waals surface area (Å²) in [5, 5.41) is 2.92. The quantitative estimate of drug-likeness (QED) is 0.398. The van der Waals surface area contributed by atoms with E-state index in [9.17, 15) is 9.59 Å². The highest BCUT2D eigenvalue weighted by molar-refractivity contribution is 9.10. The van der Waals surface area contributed by atoms with Crippen molar-refractivity contribution in [1.82, 2.24) is 4.90 Å². The van der Waals surface area contributed by atoms with E-state index in [1.54, 1.807) is 30.3 Å². The van der Waals surface area contributed by atoms with Gasteiger partial charge in [0.05, 0.1) is 12.2 Å². The molecule has 32 heavy (non-hydrogen) atoms. The summed E-state index contributed by atoms with van der Waals surface area (Å²) >= 11 is 3.44. The SMILES string of the molecule is CCCCCCOc1ccc(Br)cc1C(=O)Nc1ccc(C(=O)N2CCC(C)CC2)cc1. The molecule has 6 heteroatoms. The summed E-state index contributed by atoms with van der Waals surface area (Å²) in [5.74, 6) is 1.08. The number of rotatable bonds is 9. The maximum Gasteiger partial charge on any atom is 0.259 e. The number of carbonyl (C=O) groups excluding carboxylic acids is 2. The Hall–Kier alpha value is -2.34. The molecule has 1 heterocycles. The third-order valence-electron chi connectivity index (χ3n) is 5.90. The second kappa shape index (κ2) is 12.0. The Morgan fingerprint density at radius 3 is 2.47 bits per heavy atom. The Morgan fingerprint density at radius 1 is 1.06 bits per heavy atom. The van der Waals surface area contributed by atoms with Crippen molar-refractivity contribution in [2.24, 2.45) is 5.92 Å². The van der Waals surface area contributed by atoms with Crippen LogP contribution in [0, 0.1) is 5.92 Å². The van der Waals surface area contributed by atoms with Gasteiger partial charge in [-0.15, -0.1) is 0 Å². The predicted molar refractivity (Wildman–Crippen MR) is 132 cm³/mol. The van der Waals surface area contributed by atoms with E-state index in [4.69, 9.17) is 4.74 Å². The van der Waals surface area contributed by atoms with Crippen LogP contribution in [0.1, 0.15) is 73.1 Å². The first-order valence-corrected chi connectivity index (χ1v) is 12.4. The van der Waals surface area contributed by atoms with Crippen LogP contribution in [-0.2, 0) is 0 Å². The second-order valence-electron chi connectivity index (χ2n) is 8.56. The highest BCUT2D eigenvalue weighted by atomic mass is 79.9. The van der Waals surface area contributed by atoms with Gasteiger partial charge >= 0.3 is 0 Å². The molecule has 0 aromatic heterocycles. The Bertz CT molecular complexity index is 906. The lowest BCUT2D eigenvalue weighted by Gasteiger charge is -2.30. The monoisotopic (exact) mass is 500 g/mol. The summed E-state index contributed by atoms with van der Waals surface area (Å²) in [6.45, 7) is 6.61. The van der Waals surface area contributed by atoms with Gasteiger partial charge in [0.25, 0.3) is 11.8 Å². The van der Waals surface area contributed by atoms with E-state index in [1.807, 2.05) is 17.0 Å². The van der Waals surface area contributed by atoms with Crippen LogP contribution in [0.25, 0.3) is 0 Å².